The summed E-state index contributed by atoms with van der Waals surface area (Å²) in [5.74, 6) is 1.58. The molecule has 2 fully saturated rings. The molecule has 2 heterocycles. The van der Waals surface area contributed by atoms with Crippen LogP contribution in [0.4, 0.5) is 0 Å². The van der Waals surface area contributed by atoms with Crippen molar-refractivity contribution in [3.8, 4) is 5.75 Å². The van der Waals surface area contributed by atoms with E-state index >= 15 is 0 Å². The van der Waals surface area contributed by atoms with E-state index in [-0.39, 0.29) is 0 Å². The zero-order valence-corrected chi connectivity index (χ0v) is 11.9. The third kappa shape index (κ3) is 2.26. The summed E-state index contributed by atoms with van der Waals surface area (Å²) in [4.78, 5) is 0. The molecule has 3 rings (SSSR count). The maximum Gasteiger partial charge on any atom is 0.122 e. The zero-order valence-electron chi connectivity index (χ0n) is 11.9. The highest BCUT2D eigenvalue weighted by atomic mass is 16.5. The number of hydrogen-bond donors (Lipinski definition) is 1. The minimum absolute atomic E-state index is 0.360. The van der Waals surface area contributed by atoms with Gasteiger partial charge in [-0.2, -0.15) is 0 Å². The quantitative estimate of drug-likeness (QED) is 0.887. The van der Waals surface area contributed by atoms with Gasteiger partial charge in [0.15, 0.2) is 0 Å². The molecule has 1 aromatic rings. The van der Waals surface area contributed by atoms with Gasteiger partial charge in [0.1, 0.15) is 5.75 Å². The van der Waals surface area contributed by atoms with Crippen molar-refractivity contribution >= 4 is 0 Å². The summed E-state index contributed by atoms with van der Waals surface area (Å²) in [6.07, 6.45) is 2.31. The van der Waals surface area contributed by atoms with Gasteiger partial charge in [0.25, 0.3) is 0 Å². The molecule has 0 saturated carbocycles. The van der Waals surface area contributed by atoms with Gasteiger partial charge in [-0.25, -0.2) is 0 Å². The Morgan fingerprint density at radius 2 is 2.11 bits per heavy atom. The minimum Gasteiger partial charge on any atom is -0.496 e. The normalized spacial score (nSPS) is 25.7. The number of aryl methyl sites for hydroxylation is 1. The van der Waals surface area contributed by atoms with Crippen LogP contribution < -0.4 is 10.1 Å². The van der Waals surface area contributed by atoms with Crippen LogP contribution in [0.25, 0.3) is 0 Å². The molecule has 0 aliphatic carbocycles. The smallest absolute Gasteiger partial charge is 0.122 e. The lowest BCUT2D eigenvalue weighted by Crippen LogP contribution is -2.35. The van der Waals surface area contributed by atoms with E-state index in [0.717, 1.165) is 44.9 Å². The molecule has 19 heavy (non-hydrogen) atoms. The predicted molar refractivity (Wildman–Crippen MR) is 75.8 cm³/mol. The van der Waals surface area contributed by atoms with E-state index in [1.165, 1.54) is 11.1 Å². The van der Waals surface area contributed by atoms with Crippen LogP contribution in [0.1, 0.15) is 29.9 Å². The Hall–Kier alpha value is -1.06. The Morgan fingerprint density at radius 3 is 2.84 bits per heavy atom. The van der Waals surface area contributed by atoms with E-state index in [1.54, 1.807) is 7.11 Å². The fourth-order valence-electron chi connectivity index (χ4n) is 3.67. The van der Waals surface area contributed by atoms with Gasteiger partial charge >= 0.3 is 0 Å². The molecule has 0 bridgehead atoms. The summed E-state index contributed by atoms with van der Waals surface area (Å²) in [7, 11) is 1.77. The average Bonchev–Trinajstić information content (AvgIpc) is 2.82. The van der Waals surface area contributed by atoms with Crippen molar-refractivity contribution in [1.82, 2.24) is 5.32 Å². The van der Waals surface area contributed by atoms with Crippen LogP contribution in [-0.4, -0.2) is 33.4 Å². The first kappa shape index (κ1) is 12.9. The molecular weight excluding hydrogens is 238 g/mol. The highest BCUT2D eigenvalue weighted by Gasteiger charge is 2.45. The molecule has 104 valence electrons. The Bertz CT molecular complexity index is 452. The van der Waals surface area contributed by atoms with Gasteiger partial charge in [-0.3, -0.25) is 0 Å². The number of ether oxygens (including phenoxy) is 2. The van der Waals surface area contributed by atoms with Crippen molar-refractivity contribution in [2.75, 3.05) is 33.4 Å². The molecule has 0 radical (unpaired) electrons. The molecule has 2 aliphatic rings. The van der Waals surface area contributed by atoms with E-state index in [9.17, 15) is 0 Å². The van der Waals surface area contributed by atoms with Crippen molar-refractivity contribution in [3.63, 3.8) is 0 Å². The summed E-state index contributed by atoms with van der Waals surface area (Å²) in [5.41, 5.74) is 3.04. The van der Waals surface area contributed by atoms with E-state index in [0.29, 0.717) is 11.3 Å². The van der Waals surface area contributed by atoms with E-state index in [1.807, 2.05) is 0 Å². The van der Waals surface area contributed by atoms with Crippen LogP contribution in [0, 0.1) is 12.3 Å². The molecule has 0 aromatic heterocycles. The highest BCUT2D eigenvalue weighted by Crippen LogP contribution is 2.48. The lowest BCUT2D eigenvalue weighted by molar-refractivity contribution is 0.0162. The molecule has 1 aromatic carbocycles. The van der Waals surface area contributed by atoms with E-state index in [2.05, 4.69) is 30.4 Å². The summed E-state index contributed by atoms with van der Waals surface area (Å²) in [5, 5.41) is 3.59. The largest absolute Gasteiger partial charge is 0.496 e. The van der Waals surface area contributed by atoms with Crippen molar-refractivity contribution in [3.05, 3.63) is 29.3 Å². The van der Waals surface area contributed by atoms with Gasteiger partial charge in [-0.1, -0.05) is 17.7 Å². The summed E-state index contributed by atoms with van der Waals surface area (Å²) in [6.45, 7) is 6.11. The van der Waals surface area contributed by atoms with Crippen molar-refractivity contribution in [1.29, 1.82) is 0 Å². The second-order valence-electron chi connectivity index (χ2n) is 5.90. The molecule has 3 nitrogen and oxygen atoms in total. The van der Waals surface area contributed by atoms with Gasteiger partial charge in [-0.15, -0.1) is 0 Å². The maximum absolute atomic E-state index is 5.59. The SMILES string of the molecule is COc1ccc(C)cc1C1CNCC12CCOCC2. The predicted octanol–water partition coefficient (Wildman–Crippen LogP) is 2.49. The molecule has 1 unspecified atom stereocenters. The average molecular weight is 261 g/mol. The van der Waals surface area contributed by atoms with Gasteiger partial charge in [0.2, 0.25) is 0 Å². The van der Waals surface area contributed by atoms with Gasteiger partial charge in [0.05, 0.1) is 7.11 Å². The molecule has 2 aliphatic heterocycles. The lowest BCUT2D eigenvalue weighted by atomic mass is 9.69. The van der Waals surface area contributed by atoms with Crippen LogP contribution >= 0.6 is 0 Å². The summed E-state index contributed by atoms with van der Waals surface area (Å²) < 4.78 is 11.1. The fraction of sp³-hybridized carbons (Fsp3) is 0.625. The second kappa shape index (κ2) is 5.14. The van der Waals surface area contributed by atoms with Crippen LogP contribution in [-0.2, 0) is 4.74 Å². The van der Waals surface area contributed by atoms with Crippen molar-refractivity contribution in [2.45, 2.75) is 25.7 Å². The zero-order chi connectivity index (χ0) is 13.3. The Morgan fingerprint density at radius 1 is 1.32 bits per heavy atom. The Labute approximate surface area is 115 Å². The molecule has 2 saturated heterocycles. The lowest BCUT2D eigenvalue weighted by Gasteiger charge is -2.38. The van der Waals surface area contributed by atoms with Gasteiger partial charge in [0, 0.05) is 32.2 Å². The first-order valence-electron chi connectivity index (χ1n) is 7.18. The number of hydrogen-bond acceptors (Lipinski definition) is 3. The highest BCUT2D eigenvalue weighted by molar-refractivity contribution is 5.41. The Kier molecular flexibility index (Phi) is 3.50. The second-order valence-corrected chi connectivity index (χ2v) is 5.90. The summed E-state index contributed by atoms with van der Waals surface area (Å²) in [6, 6.07) is 6.53. The minimum atomic E-state index is 0.360. The number of nitrogens with one attached hydrogen (secondary N) is 1. The molecule has 1 N–H and O–H groups in total. The van der Waals surface area contributed by atoms with Crippen LogP contribution in [0.5, 0.6) is 5.75 Å². The first-order valence-corrected chi connectivity index (χ1v) is 7.18. The topological polar surface area (TPSA) is 30.5 Å². The third-order valence-electron chi connectivity index (χ3n) is 4.81. The molecule has 3 heteroatoms. The number of benzene rings is 1. The molecule has 0 amide bonds. The molecule has 1 spiro atoms. The van der Waals surface area contributed by atoms with Crippen LogP contribution in [0.2, 0.25) is 0 Å². The number of rotatable bonds is 2. The van der Waals surface area contributed by atoms with Crippen LogP contribution in [0.15, 0.2) is 18.2 Å². The summed E-state index contributed by atoms with van der Waals surface area (Å²) >= 11 is 0. The van der Waals surface area contributed by atoms with Crippen molar-refractivity contribution < 1.29 is 9.47 Å². The number of methoxy groups -OCH3 is 1. The molecule has 1 atom stereocenters. The third-order valence-corrected chi connectivity index (χ3v) is 4.81. The Balaban J connectivity index is 1.98. The van der Waals surface area contributed by atoms with Gasteiger partial charge < -0.3 is 14.8 Å². The first-order chi connectivity index (χ1) is 9.25. The van der Waals surface area contributed by atoms with E-state index < -0.39 is 0 Å². The fourth-order valence-corrected chi connectivity index (χ4v) is 3.67. The van der Waals surface area contributed by atoms with E-state index in [4.69, 9.17) is 9.47 Å². The standard InChI is InChI=1S/C16H23NO2/c1-12-3-4-15(18-2)13(9-12)14-10-17-11-16(14)5-7-19-8-6-16/h3-4,9,14,17H,5-8,10-11H2,1-2H3. The van der Waals surface area contributed by atoms with Gasteiger partial charge in [-0.05, 0) is 36.8 Å². The molecular formula is C16H23NO2. The maximum atomic E-state index is 5.59. The van der Waals surface area contributed by atoms with Crippen molar-refractivity contribution in [2.24, 2.45) is 5.41 Å². The monoisotopic (exact) mass is 261 g/mol. The van der Waals surface area contributed by atoms with Crippen LogP contribution in [0.3, 0.4) is 0 Å².